The van der Waals surface area contributed by atoms with Crippen LogP contribution in [0.5, 0.6) is 5.75 Å². The van der Waals surface area contributed by atoms with E-state index in [1.165, 1.54) is 18.2 Å². The molecule has 0 spiro atoms. The molecule has 22 heavy (non-hydrogen) atoms. The van der Waals surface area contributed by atoms with E-state index < -0.39 is 23.4 Å². The Labute approximate surface area is 124 Å². The fraction of sp³-hybridized carbons (Fsp3) is 0. The zero-order chi connectivity index (χ0) is 15.9. The third kappa shape index (κ3) is 2.26. The van der Waals surface area contributed by atoms with Gasteiger partial charge in [-0.1, -0.05) is 18.2 Å². The molecule has 0 aliphatic rings. The summed E-state index contributed by atoms with van der Waals surface area (Å²) in [5, 5.41) is 18.2. The Morgan fingerprint density at radius 3 is 2.23 bits per heavy atom. The van der Waals surface area contributed by atoms with Crippen LogP contribution in [-0.2, 0) is 0 Å². The zero-order valence-electron chi connectivity index (χ0n) is 11.2. The van der Waals surface area contributed by atoms with Crippen LogP contribution >= 0.6 is 0 Å². The average Bonchev–Trinajstić information content (AvgIpc) is 2.50. The molecule has 0 atom stereocenters. The van der Waals surface area contributed by atoms with E-state index >= 15 is 0 Å². The molecule has 0 saturated carbocycles. The van der Waals surface area contributed by atoms with Crippen LogP contribution in [0.2, 0.25) is 0 Å². The van der Waals surface area contributed by atoms with Gasteiger partial charge in [-0.05, 0) is 46.8 Å². The van der Waals surface area contributed by atoms with Gasteiger partial charge < -0.3 is 10.2 Å². The van der Waals surface area contributed by atoms with Crippen LogP contribution in [0.25, 0.3) is 21.9 Å². The monoisotopic (exact) mass is 300 g/mol. The van der Waals surface area contributed by atoms with Gasteiger partial charge in [0, 0.05) is 0 Å². The SMILES string of the molecule is O=C(O)c1ccc(-c2cc(F)c3c(F)c(O)ccc3c2)cc1. The van der Waals surface area contributed by atoms with E-state index in [0.717, 1.165) is 12.1 Å². The molecule has 3 aromatic rings. The third-order valence-corrected chi connectivity index (χ3v) is 3.45. The van der Waals surface area contributed by atoms with Crippen molar-refractivity contribution in [3.8, 4) is 16.9 Å². The molecular weight excluding hydrogens is 290 g/mol. The zero-order valence-corrected chi connectivity index (χ0v) is 11.2. The summed E-state index contributed by atoms with van der Waals surface area (Å²) in [7, 11) is 0. The van der Waals surface area contributed by atoms with Gasteiger partial charge in [-0.25, -0.2) is 13.6 Å². The maximum atomic E-state index is 14.1. The van der Waals surface area contributed by atoms with Crippen molar-refractivity contribution in [2.45, 2.75) is 0 Å². The van der Waals surface area contributed by atoms with Crippen molar-refractivity contribution in [1.82, 2.24) is 0 Å². The van der Waals surface area contributed by atoms with E-state index in [4.69, 9.17) is 5.11 Å². The Morgan fingerprint density at radius 2 is 1.59 bits per heavy atom. The molecule has 3 rings (SSSR count). The van der Waals surface area contributed by atoms with Crippen molar-refractivity contribution in [1.29, 1.82) is 0 Å². The Morgan fingerprint density at radius 1 is 0.909 bits per heavy atom. The quantitative estimate of drug-likeness (QED) is 0.746. The van der Waals surface area contributed by atoms with Gasteiger partial charge in [0.1, 0.15) is 5.82 Å². The normalized spacial score (nSPS) is 10.8. The van der Waals surface area contributed by atoms with Crippen molar-refractivity contribution in [3.05, 3.63) is 65.7 Å². The number of hydrogen-bond donors (Lipinski definition) is 2. The number of phenols is 1. The molecule has 0 radical (unpaired) electrons. The van der Waals surface area contributed by atoms with Crippen LogP contribution in [0.1, 0.15) is 10.4 Å². The lowest BCUT2D eigenvalue weighted by Crippen LogP contribution is -1.95. The highest BCUT2D eigenvalue weighted by atomic mass is 19.1. The highest BCUT2D eigenvalue weighted by Crippen LogP contribution is 2.32. The molecule has 5 heteroatoms. The first-order valence-corrected chi connectivity index (χ1v) is 6.42. The second kappa shape index (κ2) is 5.11. The number of halogens is 2. The van der Waals surface area contributed by atoms with Crippen LogP contribution in [0, 0.1) is 11.6 Å². The summed E-state index contributed by atoms with van der Waals surface area (Å²) in [6.07, 6.45) is 0. The first-order chi connectivity index (χ1) is 10.5. The highest BCUT2D eigenvalue weighted by Gasteiger charge is 2.13. The molecule has 110 valence electrons. The van der Waals surface area contributed by atoms with Crippen LogP contribution < -0.4 is 0 Å². The molecule has 0 heterocycles. The summed E-state index contributed by atoms with van der Waals surface area (Å²) in [4.78, 5) is 10.8. The molecule has 0 aromatic heterocycles. The molecular formula is C17H10F2O3. The minimum absolute atomic E-state index is 0.126. The standard InChI is InChI=1S/C17H10F2O3/c18-13-8-12(9-1-3-10(4-2-9)17(21)22)7-11-5-6-14(20)16(19)15(11)13/h1-8,20H,(H,21,22). The van der Waals surface area contributed by atoms with Crippen molar-refractivity contribution in [3.63, 3.8) is 0 Å². The largest absolute Gasteiger partial charge is 0.505 e. The van der Waals surface area contributed by atoms with E-state index in [1.807, 2.05) is 0 Å². The summed E-state index contributed by atoms with van der Waals surface area (Å²) >= 11 is 0. The molecule has 3 aromatic carbocycles. The van der Waals surface area contributed by atoms with Gasteiger partial charge in [0.2, 0.25) is 0 Å². The second-order valence-electron chi connectivity index (χ2n) is 4.84. The molecule has 0 bridgehead atoms. The predicted octanol–water partition coefficient (Wildman–Crippen LogP) is 4.19. The van der Waals surface area contributed by atoms with Crippen molar-refractivity contribution >= 4 is 16.7 Å². The molecule has 2 N–H and O–H groups in total. The maximum Gasteiger partial charge on any atom is 0.335 e. The Kier molecular flexibility index (Phi) is 3.25. The van der Waals surface area contributed by atoms with Gasteiger partial charge in [-0.15, -0.1) is 0 Å². The van der Waals surface area contributed by atoms with Crippen LogP contribution in [0.4, 0.5) is 8.78 Å². The van der Waals surface area contributed by atoms with Gasteiger partial charge in [-0.2, -0.15) is 0 Å². The Balaban J connectivity index is 2.16. The van der Waals surface area contributed by atoms with Crippen LogP contribution in [-0.4, -0.2) is 16.2 Å². The number of phenolic OH excluding ortho intramolecular Hbond substituents is 1. The third-order valence-electron chi connectivity index (χ3n) is 3.45. The summed E-state index contributed by atoms with van der Waals surface area (Å²) in [5.74, 6) is -3.44. The molecule has 0 unspecified atom stereocenters. The molecule has 0 saturated heterocycles. The summed E-state index contributed by atoms with van der Waals surface area (Å²) < 4.78 is 27.9. The number of benzene rings is 3. The predicted molar refractivity (Wildman–Crippen MR) is 77.9 cm³/mol. The number of carboxylic acids is 1. The number of aromatic carboxylic acids is 1. The number of aromatic hydroxyl groups is 1. The number of hydrogen-bond acceptors (Lipinski definition) is 2. The topological polar surface area (TPSA) is 57.5 Å². The molecule has 0 amide bonds. The number of rotatable bonds is 2. The Hall–Kier alpha value is -2.95. The van der Waals surface area contributed by atoms with Crippen molar-refractivity contribution in [2.24, 2.45) is 0 Å². The van der Waals surface area contributed by atoms with Crippen molar-refractivity contribution < 1.29 is 23.8 Å². The number of carboxylic acid groups (broad SMARTS) is 1. The minimum Gasteiger partial charge on any atom is -0.505 e. The van der Waals surface area contributed by atoms with E-state index in [1.54, 1.807) is 18.2 Å². The van der Waals surface area contributed by atoms with E-state index in [2.05, 4.69) is 0 Å². The van der Waals surface area contributed by atoms with E-state index in [0.29, 0.717) is 16.5 Å². The van der Waals surface area contributed by atoms with Crippen LogP contribution in [0.15, 0.2) is 48.5 Å². The maximum absolute atomic E-state index is 14.1. The molecule has 3 nitrogen and oxygen atoms in total. The van der Waals surface area contributed by atoms with Crippen molar-refractivity contribution in [2.75, 3.05) is 0 Å². The minimum atomic E-state index is -1.05. The first-order valence-electron chi connectivity index (χ1n) is 6.42. The summed E-state index contributed by atoms with van der Waals surface area (Å²) in [6.45, 7) is 0. The lowest BCUT2D eigenvalue weighted by atomic mass is 9.99. The first kappa shape index (κ1) is 14.0. The summed E-state index contributed by atoms with van der Waals surface area (Å²) in [5.41, 5.74) is 1.23. The Bertz CT molecular complexity index is 887. The van der Waals surface area contributed by atoms with Gasteiger partial charge in [0.05, 0.1) is 10.9 Å². The average molecular weight is 300 g/mol. The second-order valence-corrected chi connectivity index (χ2v) is 4.84. The number of carbonyl (C=O) groups is 1. The van der Waals surface area contributed by atoms with Gasteiger partial charge in [0.15, 0.2) is 11.6 Å². The highest BCUT2D eigenvalue weighted by molar-refractivity contribution is 5.91. The lowest BCUT2D eigenvalue weighted by Gasteiger charge is -2.08. The fourth-order valence-corrected chi connectivity index (χ4v) is 2.33. The molecule has 0 aliphatic carbocycles. The van der Waals surface area contributed by atoms with Gasteiger partial charge in [-0.3, -0.25) is 0 Å². The van der Waals surface area contributed by atoms with Gasteiger partial charge >= 0.3 is 5.97 Å². The van der Waals surface area contributed by atoms with E-state index in [9.17, 15) is 18.7 Å². The summed E-state index contributed by atoms with van der Waals surface area (Å²) in [6, 6.07) is 11.3. The molecule has 0 fully saturated rings. The molecule has 0 aliphatic heterocycles. The number of fused-ring (bicyclic) bond motifs is 1. The lowest BCUT2D eigenvalue weighted by molar-refractivity contribution is 0.0697. The fourth-order valence-electron chi connectivity index (χ4n) is 2.33. The van der Waals surface area contributed by atoms with Crippen LogP contribution in [0.3, 0.4) is 0 Å². The van der Waals surface area contributed by atoms with Gasteiger partial charge in [0.25, 0.3) is 0 Å². The smallest absolute Gasteiger partial charge is 0.335 e. The van der Waals surface area contributed by atoms with E-state index in [-0.39, 0.29) is 10.9 Å².